The first-order valence-corrected chi connectivity index (χ1v) is 5.04. The first-order valence-electron chi connectivity index (χ1n) is 5.04. The van der Waals surface area contributed by atoms with Gasteiger partial charge >= 0.3 is 6.03 Å². The fourth-order valence-electron chi connectivity index (χ4n) is 1.20. The van der Waals surface area contributed by atoms with Crippen LogP contribution in [-0.4, -0.2) is 12.1 Å². The van der Waals surface area contributed by atoms with Crippen molar-refractivity contribution in [1.82, 2.24) is 10.7 Å². The minimum absolute atomic E-state index is 0.145. The molecule has 1 fully saturated rings. The SMILES string of the molecule is O=C(NNc1ccc(F)c(F)c1F)NC1CC1. The Labute approximate surface area is 95.2 Å². The van der Waals surface area contributed by atoms with Crippen LogP contribution in [0.15, 0.2) is 12.1 Å². The molecule has 17 heavy (non-hydrogen) atoms. The van der Waals surface area contributed by atoms with Crippen molar-refractivity contribution in [3.05, 3.63) is 29.6 Å². The number of rotatable bonds is 3. The number of amides is 2. The molecular formula is C10H10F3N3O. The molecule has 0 bridgehead atoms. The molecule has 2 amide bonds. The van der Waals surface area contributed by atoms with Gasteiger partial charge in [0.25, 0.3) is 0 Å². The van der Waals surface area contributed by atoms with Crippen molar-refractivity contribution in [2.45, 2.75) is 18.9 Å². The average Bonchev–Trinajstić information content (AvgIpc) is 3.09. The molecule has 7 heteroatoms. The summed E-state index contributed by atoms with van der Waals surface area (Å²) in [5, 5.41) is 2.57. The van der Waals surface area contributed by atoms with Crippen LogP contribution < -0.4 is 16.2 Å². The Morgan fingerprint density at radius 1 is 1.18 bits per heavy atom. The van der Waals surface area contributed by atoms with Crippen LogP contribution in [0.2, 0.25) is 0 Å². The minimum Gasteiger partial charge on any atom is -0.334 e. The third-order valence-corrected chi connectivity index (χ3v) is 2.26. The van der Waals surface area contributed by atoms with Gasteiger partial charge in [0, 0.05) is 6.04 Å². The van der Waals surface area contributed by atoms with Gasteiger partial charge in [-0.2, -0.15) is 0 Å². The predicted octanol–water partition coefficient (Wildman–Crippen LogP) is 1.89. The number of hydrogen-bond donors (Lipinski definition) is 3. The van der Waals surface area contributed by atoms with Crippen LogP contribution in [0.25, 0.3) is 0 Å². The van der Waals surface area contributed by atoms with Crippen molar-refractivity contribution in [2.24, 2.45) is 0 Å². The van der Waals surface area contributed by atoms with Gasteiger partial charge in [-0.1, -0.05) is 0 Å². The number of anilines is 1. The molecule has 0 aromatic heterocycles. The van der Waals surface area contributed by atoms with Crippen LogP contribution in [-0.2, 0) is 0 Å². The fraction of sp³-hybridized carbons (Fsp3) is 0.300. The number of halogens is 3. The van der Waals surface area contributed by atoms with E-state index in [4.69, 9.17) is 0 Å². The first kappa shape index (κ1) is 11.6. The van der Waals surface area contributed by atoms with Crippen LogP contribution in [0, 0.1) is 17.5 Å². The molecule has 92 valence electrons. The molecule has 1 saturated carbocycles. The van der Waals surface area contributed by atoms with E-state index in [1.165, 1.54) is 0 Å². The molecule has 1 aliphatic carbocycles. The van der Waals surface area contributed by atoms with Crippen LogP contribution in [0.1, 0.15) is 12.8 Å². The number of hydrogen-bond acceptors (Lipinski definition) is 2. The zero-order valence-electron chi connectivity index (χ0n) is 8.69. The van der Waals surface area contributed by atoms with Gasteiger partial charge in [0.15, 0.2) is 17.5 Å². The normalized spacial score (nSPS) is 14.3. The van der Waals surface area contributed by atoms with Crippen molar-refractivity contribution >= 4 is 11.7 Å². The second kappa shape index (κ2) is 4.52. The summed E-state index contributed by atoms with van der Waals surface area (Å²) in [6.45, 7) is 0. The zero-order chi connectivity index (χ0) is 12.4. The molecule has 4 nitrogen and oxygen atoms in total. The minimum atomic E-state index is -1.58. The molecule has 1 aromatic rings. The first-order chi connectivity index (χ1) is 8.08. The van der Waals surface area contributed by atoms with E-state index in [-0.39, 0.29) is 11.7 Å². The standard InChI is InChI=1S/C10H10F3N3O/c11-6-3-4-7(9(13)8(6)12)15-16-10(17)14-5-1-2-5/h3-5,15H,1-2H2,(H2,14,16,17). The Morgan fingerprint density at radius 2 is 1.88 bits per heavy atom. The summed E-state index contributed by atoms with van der Waals surface area (Å²) in [5.74, 6) is -4.24. The number of nitrogens with one attached hydrogen (secondary N) is 3. The molecule has 0 radical (unpaired) electrons. The lowest BCUT2D eigenvalue weighted by molar-refractivity contribution is 0.242. The van der Waals surface area contributed by atoms with Crippen molar-refractivity contribution in [1.29, 1.82) is 0 Å². The topological polar surface area (TPSA) is 53.2 Å². The molecule has 0 heterocycles. The van der Waals surface area contributed by atoms with Gasteiger partial charge in [-0.25, -0.2) is 18.0 Å². The molecule has 0 unspecified atom stereocenters. The lowest BCUT2D eigenvalue weighted by Crippen LogP contribution is -2.40. The van der Waals surface area contributed by atoms with E-state index >= 15 is 0 Å². The summed E-state index contributed by atoms with van der Waals surface area (Å²) >= 11 is 0. The number of urea groups is 1. The molecule has 0 saturated heterocycles. The molecule has 1 aliphatic rings. The Hall–Kier alpha value is -1.92. The van der Waals surface area contributed by atoms with E-state index in [1.807, 2.05) is 0 Å². The summed E-state index contributed by atoms with van der Waals surface area (Å²) in [4.78, 5) is 11.2. The average molecular weight is 245 g/mol. The number of carbonyl (C=O) groups is 1. The molecule has 3 N–H and O–H groups in total. The van der Waals surface area contributed by atoms with Gasteiger partial charge in [0.05, 0.1) is 5.69 Å². The maximum atomic E-state index is 13.1. The number of carbonyl (C=O) groups excluding carboxylic acids is 1. The lowest BCUT2D eigenvalue weighted by atomic mass is 10.3. The maximum absolute atomic E-state index is 13.1. The Bertz CT molecular complexity index is 449. The molecule has 0 aliphatic heterocycles. The highest BCUT2D eigenvalue weighted by atomic mass is 19.2. The monoisotopic (exact) mass is 245 g/mol. The van der Waals surface area contributed by atoms with Crippen molar-refractivity contribution in [3.63, 3.8) is 0 Å². The van der Waals surface area contributed by atoms with Gasteiger partial charge in [-0.05, 0) is 25.0 Å². The van der Waals surface area contributed by atoms with E-state index in [2.05, 4.69) is 16.2 Å². The van der Waals surface area contributed by atoms with Gasteiger partial charge in [-0.15, -0.1) is 0 Å². The summed E-state index contributed by atoms with van der Waals surface area (Å²) in [6.07, 6.45) is 1.82. The van der Waals surface area contributed by atoms with Crippen molar-refractivity contribution < 1.29 is 18.0 Å². The zero-order valence-corrected chi connectivity index (χ0v) is 8.69. The Morgan fingerprint density at radius 3 is 2.53 bits per heavy atom. The van der Waals surface area contributed by atoms with E-state index in [1.54, 1.807) is 0 Å². The Balaban J connectivity index is 1.94. The van der Waals surface area contributed by atoms with Crippen LogP contribution in [0.3, 0.4) is 0 Å². The summed E-state index contributed by atoms with van der Waals surface area (Å²) in [7, 11) is 0. The van der Waals surface area contributed by atoms with Crippen LogP contribution in [0.5, 0.6) is 0 Å². The third kappa shape index (κ3) is 2.80. The Kier molecular flexibility index (Phi) is 3.08. The molecule has 2 rings (SSSR count). The van der Waals surface area contributed by atoms with Gasteiger partial charge < -0.3 is 5.32 Å². The highest BCUT2D eigenvalue weighted by Gasteiger charge is 2.23. The molecule has 0 spiro atoms. The van der Waals surface area contributed by atoms with Crippen LogP contribution in [0.4, 0.5) is 23.7 Å². The number of benzene rings is 1. The van der Waals surface area contributed by atoms with Gasteiger partial charge in [0.1, 0.15) is 0 Å². The lowest BCUT2D eigenvalue weighted by Gasteiger charge is -2.10. The second-order valence-corrected chi connectivity index (χ2v) is 3.72. The van der Waals surface area contributed by atoms with Crippen LogP contribution >= 0.6 is 0 Å². The molecular weight excluding hydrogens is 235 g/mol. The smallest absolute Gasteiger partial charge is 0.333 e. The third-order valence-electron chi connectivity index (χ3n) is 2.26. The molecule has 0 atom stereocenters. The van der Waals surface area contributed by atoms with E-state index in [9.17, 15) is 18.0 Å². The summed E-state index contributed by atoms with van der Waals surface area (Å²) < 4.78 is 38.6. The summed E-state index contributed by atoms with van der Waals surface area (Å²) in [6, 6.07) is 1.36. The highest BCUT2D eigenvalue weighted by Crippen LogP contribution is 2.19. The predicted molar refractivity (Wildman–Crippen MR) is 54.6 cm³/mol. The van der Waals surface area contributed by atoms with E-state index in [0.717, 1.165) is 25.0 Å². The number of hydrazine groups is 1. The second-order valence-electron chi connectivity index (χ2n) is 3.72. The maximum Gasteiger partial charge on any atom is 0.333 e. The molecule has 1 aromatic carbocycles. The van der Waals surface area contributed by atoms with E-state index < -0.39 is 23.5 Å². The van der Waals surface area contributed by atoms with Gasteiger partial charge in [-0.3, -0.25) is 10.9 Å². The van der Waals surface area contributed by atoms with Gasteiger partial charge in [0.2, 0.25) is 0 Å². The fourth-order valence-corrected chi connectivity index (χ4v) is 1.20. The highest BCUT2D eigenvalue weighted by molar-refractivity contribution is 5.76. The van der Waals surface area contributed by atoms with E-state index in [0.29, 0.717) is 0 Å². The van der Waals surface area contributed by atoms with Crippen molar-refractivity contribution in [3.8, 4) is 0 Å². The summed E-state index contributed by atoms with van der Waals surface area (Å²) in [5.41, 5.74) is 3.96. The quantitative estimate of drug-likeness (QED) is 0.562. The largest absolute Gasteiger partial charge is 0.334 e. The van der Waals surface area contributed by atoms with Crippen molar-refractivity contribution in [2.75, 3.05) is 5.43 Å².